The molecule has 2 aromatic carbocycles. The molecular formula is C25H29N3O3S. The number of piperidine rings is 1. The Morgan fingerprint density at radius 2 is 1.78 bits per heavy atom. The highest BCUT2D eigenvalue weighted by Crippen LogP contribution is 2.23. The van der Waals surface area contributed by atoms with Crippen molar-refractivity contribution in [2.24, 2.45) is 0 Å². The van der Waals surface area contributed by atoms with Gasteiger partial charge in [0.15, 0.2) is 0 Å². The van der Waals surface area contributed by atoms with Crippen LogP contribution in [0.5, 0.6) is 0 Å². The first-order valence-corrected chi connectivity index (χ1v) is 12.5. The maximum atomic E-state index is 12.9. The van der Waals surface area contributed by atoms with Crippen molar-refractivity contribution >= 4 is 26.8 Å². The fourth-order valence-electron chi connectivity index (χ4n) is 4.32. The van der Waals surface area contributed by atoms with Gasteiger partial charge < -0.3 is 5.32 Å². The zero-order chi connectivity index (χ0) is 22.7. The van der Waals surface area contributed by atoms with Gasteiger partial charge in [-0.1, -0.05) is 36.8 Å². The lowest BCUT2D eigenvalue weighted by molar-refractivity contribution is -0.120. The number of hydrogen-bond donors (Lipinski definition) is 1. The molecule has 2 heterocycles. The number of fused-ring (bicyclic) bond motifs is 1. The van der Waals surface area contributed by atoms with Crippen molar-refractivity contribution in [1.29, 1.82) is 0 Å². The van der Waals surface area contributed by atoms with E-state index in [1.54, 1.807) is 22.5 Å². The molecule has 1 amide bonds. The van der Waals surface area contributed by atoms with E-state index in [-0.39, 0.29) is 23.8 Å². The van der Waals surface area contributed by atoms with Crippen molar-refractivity contribution < 1.29 is 13.2 Å². The second-order valence-electron chi connectivity index (χ2n) is 8.38. The summed E-state index contributed by atoms with van der Waals surface area (Å²) < 4.78 is 27.4. The first-order valence-electron chi connectivity index (χ1n) is 11.1. The number of rotatable bonds is 6. The van der Waals surface area contributed by atoms with Gasteiger partial charge in [0.2, 0.25) is 15.9 Å². The minimum Gasteiger partial charge on any atom is -0.352 e. The molecule has 1 aromatic heterocycles. The van der Waals surface area contributed by atoms with Crippen molar-refractivity contribution in [3.8, 4) is 0 Å². The summed E-state index contributed by atoms with van der Waals surface area (Å²) in [7, 11) is -3.49. The average molecular weight is 452 g/mol. The lowest BCUT2D eigenvalue weighted by atomic mass is 9.99. The number of aryl methyl sites for hydroxylation is 2. The van der Waals surface area contributed by atoms with E-state index in [0.717, 1.165) is 52.5 Å². The van der Waals surface area contributed by atoms with Gasteiger partial charge in [-0.3, -0.25) is 9.78 Å². The van der Waals surface area contributed by atoms with Crippen molar-refractivity contribution in [2.75, 3.05) is 13.1 Å². The van der Waals surface area contributed by atoms with E-state index in [2.05, 4.69) is 10.3 Å². The summed E-state index contributed by atoms with van der Waals surface area (Å²) in [4.78, 5) is 17.6. The summed E-state index contributed by atoms with van der Waals surface area (Å²) in [6.45, 7) is 5.37. The summed E-state index contributed by atoms with van der Waals surface area (Å²) in [5, 5.41) is 3.99. The van der Waals surface area contributed by atoms with Gasteiger partial charge >= 0.3 is 0 Å². The Kier molecular flexibility index (Phi) is 6.58. The number of nitrogens with one attached hydrogen (secondary N) is 1. The molecule has 0 bridgehead atoms. The topological polar surface area (TPSA) is 79.4 Å². The van der Waals surface area contributed by atoms with Gasteiger partial charge in [-0.05, 0) is 61.6 Å². The highest BCUT2D eigenvalue weighted by molar-refractivity contribution is 7.89. The molecular weight excluding hydrogens is 422 g/mol. The van der Waals surface area contributed by atoms with Gasteiger partial charge in [-0.2, -0.15) is 4.31 Å². The third kappa shape index (κ3) is 4.69. The molecule has 168 valence electrons. The van der Waals surface area contributed by atoms with E-state index in [4.69, 9.17) is 0 Å². The monoisotopic (exact) mass is 451 g/mol. The Hall–Kier alpha value is -2.77. The van der Waals surface area contributed by atoms with Gasteiger partial charge in [0, 0.05) is 30.7 Å². The summed E-state index contributed by atoms with van der Waals surface area (Å²) in [6.07, 6.45) is 3.11. The fourth-order valence-corrected chi connectivity index (χ4v) is 5.91. The normalized spacial score (nSPS) is 15.1. The molecule has 0 saturated carbocycles. The van der Waals surface area contributed by atoms with Crippen LogP contribution in [0.25, 0.3) is 10.9 Å². The predicted octanol–water partition coefficient (Wildman–Crippen LogP) is 3.89. The standard InChI is InChI=1S/C25H29N3O3S/c1-18-22-11-4-5-12-24(22)27-19(2)23(18)16-25(29)26-17-20-9-8-10-21(15-20)32(30,31)28-13-6-3-7-14-28/h4-5,8-12,15H,3,6-7,13-14,16-17H2,1-2H3,(H,26,29). The molecule has 3 aromatic rings. The number of pyridine rings is 1. The van der Waals surface area contributed by atoms with Crippen molar-refractivity contribution in [3.63, 3.8) is 0 Å². The molecule has 0 atom stereocenters. The zero-order valence-corrected chi connectivity index (χ0v) is 19.4. The Morgan fingerprint density at radius 1 is 1.03 bits per heavy atom. The Bertz CT molecular complexity index is 1250. The molecule has 1 N–H and O–H groups in total. The third-order valence-electron chi connectivity index (χ3n) is 6.16. The molecule has 1 saturated heterocycles. The SMILES string of the molecule is Cc1nc2ccccc2c(C)c1CC(=O)NCc1cccc(S(=O)(=O)N2CCCCC2)c1. The smallest absolute Gasteiger partial charge is 0.243 e. The minimum absolute atomic E-state index is 0.113. The van der Waals surface area contributed by atoms with Gasteiger partial charge in [0.1, 0.15) is 0 Å². The second kappa shape index (κ2) is 9.38. The van der Waals surface area contributed by atoms with E-state index in [9.17, 15) is 13.2 Å². The number of para-hydroxylation sites is 1. The number of carbonyl (C=O) groups is 1. The number of sulfonamides is 1. The van der Waals surface area contributed by atoms with Crippen LogP contribution in [0.3, 0.4) is 0 Å². The van der Waals surface area contributed by atoms with Crippen molar-refractivity contribution in [2.45, 2.75) is 51.0 Å². The number of carbonyl (C=O) groups excluding carboxylic acids is 1. The van der Waals surface area contributed by atoms with E-state index < -0.39 is 10.0 Å². The summed E-state index contributed by atoms with van der Waals surface area (Å²) in [5.74, 6) is -0.113. The molecule has 0 radical (unpaired) electrons. The fraction of sp³-hybridized carbons (Fsp3) is 0.360. The number of aromatic nitrogens is 1. The highest BCUT2D eigenvalue weighted by atomic mass is 32.2. The highest BCUT2D eigenvalue weighted by Gasteiger charge is 2.26. The van der Waals surface area contributed by atoms with E-state index >= 15 is 0 Å². The predicted molar refractivity (Wildman–Crippen MR) is 126 cm³/mol. The minimum atomic E-state index is -3.49. The summed E-state index contributed by atoms with van der Waals surface area (Å²) >= 11 is 0. The molecule has 1 fully saturated rings. The number of hydrogen-bond acceptors (Lipinski definition) is 4. The van der Waals surface area contributed by atoms with Crippen molar-refractivity contribution in [3.05, 3.63) is 70.9 Å². The molecule has 32 heavy (non-hydrogen) atoms. The quantitative estimate of drug-likeness (QED) is 0.617. The molecule has 0 aliphatic carbocycles. The Labute approximate surface area is 189 Å². The lowest BCUT2D eigenvalue weighted by Gasteiger charge is -2.26. The molecule has 1 aliphatic rings. The zero-order valence-electron chi connectivity index (χ0n) is 18.6. The van der Waals surface area contributed by atoms with E-state index in [1.165, 1.54) is 0 Å². The van der Waals surface area contributed by atoms with Gasteiger partial charge in [-0.25, -0.2) is 8.42 Å². The van der Waals surface area contributed by atoms with Crippen LogP contribution in [-0.4, -0.2) is 36.7 Å². The van der Waals surface area contributed by atoms with Gasteiger partial charge in [0.05, 0.1) is 16.8 Å². The van der Waals surface area contributed by atoms with Crippen LogP contribution in [0.1, 0.15) is 41.6 Å². The first kappa shape index (κ1) is 22.4. The number of amides is 1. The molecule has 0 unspecified atom stereocenters. The van der Waals surface area contributed by atoms with E-state index in [0.29, 0.717) is 13.1 Å². The van der Waals surface area contributed by atoms with Crippen LogP contribution in [0.15, 0.2) is 53.4 Å². The second-order valence-corrected chi connectivity index (χ2v) is 10.3. The molecule has 7 heteroatoms. The summed E-state index contributed by atoms with van der Waals surface area (Å²) in [5.41, 5.74) is 4.55. The maximum Gasteiger partial charge on any atom is 0.243 e. The van der Waals surface area contributed by atoms with Crippen LogP contribution in [-0.2, 0) is 27.8 Å². The van der Waals surface area contributed by atoms with Gasteiger partial charge in [-0.15, -0.1) is 0 Å². The maximum absolute atomic E-state index is 12.9. The molecule has 4 rings (SSSR count). The van der Waals surface area contributed by atoms with Crippen LogP contribution in [0.4, 0.5) is 0 Å². The van der Waals surface area contributed by atoms with Crippen LogP contribution >= 0.6 is 0 Å². The van der Waals surface area contributed by atoms with Gasteiger partial charge in [0.25, 0.3) is 0 Å². The largest absolute Gasteiger partial charge is 0.352 e. The van der Waals surface area contributed by atoms with Crippen LogP contribution in [0.2, 0.25) is 0 Å². The van der Waals surface area contributed by atoms with Crippen molar-refractivity contribution in [1.82, 2.24) is 14.6 Å². The molecule has 0 spiro atoms. The van der Waals surface area contributed by atoms with E-state index in [1.807, 2.05) is 44.2 Å². The molecule has 6 nitrogen and oxygen atoms in total. The van der Waals surface area contributed by atoms with Crippen LogP contribution in [0, 0.1) is 13.8 Å². The summed E-state index contributed by atoms with van der Waals surface area (Å²) in [6, 6.07) is 14.8. The number of nitrogens with zero attached hydrogens (tertiary/aromatic N) is 2. The Morgan fingerprint density at radius 3 is 2.56 bits per heavy atom. The average Bonchev–Trinajstić information content (AvgIpc) is 2.81. The molecule has 1 aliphatic heterocycles. The lowest BCUT2D eigenvalue weighted by Crippen LogP contribution is -2.35. The van der Waals surface area contributed by atoms with Crippen LogP contribution < -0.4 is 5.32 Å². The Balaban J connectivity index is 1.45. The third-order valence-corrected chi connectivity index (χ3v) is 8.06. The first-order chi connectivity index (χ1) is 15.4. The number of benzene rings is 2.